The molecule has 130 valence electrons. The second-order valence-electron chi connectivity index (χ2n) is 8.54. The Morgan fingerprint density at radius 2 is 1.92 bits per heavy atom. The van der Waals surface area contributed by atoms with Crippen molar-refractivity contribution in [3.63, 3.8) is 0 Å². The number of nitrogens with zero attached hydrogens (tertiary/aromatic N) is 2. The highest BCUT2D eigenvalue weighted by Gasteiger charge is 2.36. The second-order valence-corrected chi connectivity index (χ2v) is 8.54. The molecule has 0 fully saturated rings. The predicted molar refractivity (Wildman–Crippen MR) is 105 cm³/mol. The Morgan fingerprint density at radius 1 is 1.12 bits per heavy atom. The van der Waals surface area contributed by atoms with E-state index in [1.165, 1.54) is 36.0 Å². The van der Waals surface area contributed by atoms with Crippen LogP contribution in [-0.4, -0.2) is 9.55 Å². The molecule has 0 aliphatic heterocycles. The van der Waals surface area contributed by atoms with Crippen molar-refractivity contribution in [3.8, 4) is 5.69 Å². The number of fused-ring (bicyclic) bond motifs is 2. The molecule has 0 radical (unpaired) electrons. The number of aromatic nitrogens is 2. The van der Waals surface area contributed by atoms with E-state index in [9.17, 15) is 0 Å². The van der Waals surface area contributed by atoms with Gasteiger partial charge in [0.2, 0.25) is 0 Å². The average molecular weight is 332 g/mol. The van der Waals surface area contributed by atoms with E-state index in [-0.39, 0.29) is 0 Å². The average Bonchev–Trinajstić information content (AvgIpc) is 3.03. The van der Waals surface area contributed by atoms with Gasteiger partial charge in [0.15, 0.2) is 0 Å². The highest BCUT2D eigenvalue weighted by Crippen LogP contribution is 2.48. The van der Waals surface area contributed by atoms with Crippen molar-refractivity contribution in [1.82, 2.24) is 9.55 Å². The number of rotatable bonds is 2. The maximum atomic E-state index is 4.55. The van der Waals surface area contributed by atoms with Crippen LogP contribution in [0.4, 0.5) is 0 Å². The van der Waals surface area contributed by atoms with Crippen LogP contribution in [0.3, 0.4) is 0 Å². The minimum atomic E-state index is 0.305. The van der Waals surface area contributed by atoms with E-state index in [2.05, 4.69) is 73.6 Å². The van der Waals surface area contributed by atoms with E-state index in [1.807, 2.05) is 12.4 Å². The van der Waals surface area contributed by atoms with Gasteiger partial charge >= 0.3 is 0 Å². The zero-order valence-electron chi connectivity index (χ0n) is 15.8. The quantitative estimate of drug-likeness (QED) is 0.552. The molecule has 1 aliphatic carbocycles. The molecule has 2 atom stereocenters. The van der Waals surface area contributed by atoms with E-state index in [1.54, 1.807) is 5.56 Å². The molecule has 3 aromatic rings. The third-order valence-corrected chi connectivity index (χ3v) is 5.91. The van der Waals surface area contributed by atoms with E-state index in [4.69, 9.17) is 0 Å². The van der Waals surface area contributed by atoms with Gasteiger partial charge in [0, 0.05) is 5.69 Å². The molecule has 0 N–H and O–H groups in total. The molecular formula is C23H28N2. The van der Waals surface area contributed by atoms with Gasteiger partial charge in [-0.1, -0.05) is 52.3 Å². The second kappa shape index (κ2) is 6.01. The Bertz CT molecular complexity index is 898. The van der Waals surface area contributed by atoms with Crippen LogP contribution in [0, 0.1) is 11.3 Å². The Morgan fingerprint density at radius 3 is 2.68 bits per heavy atom. The van der Waals surface area contributed by atoms with Crippen molar-refractivity contribution in [1.29, 1.82) is 0 Å². The van der Waals surface area contributed by atoms with Crippen LogP contribution in [0.5, 0.6) is 0 Å². The van der Waals surface area contributed by atoms with Gasteiger partial charge in [-0.05, 0) is 65.5 Å². The summed E-state index contributed by atoms with van der Waals surface area (Å²) in [6.45, 7) is 9.53. The fraction of sp³-hybridized carbons (Fsp3) is 0.435. The molecule has 2 heteroatoms. The summed E-state index contributed by atoms with van der Waals surface area (Å²) in [5, 5.41) is 0. The fourth-order valence-electron chi connectivity index (χ4n) is 4.80. The van der Waals surface area contributed by atoms with Crippen LogP contribution in [0.2, 0.25) is 0 Å². The lowest BCUT2D eigenvalue weighted by Crippen LogP contribution is -2.30. The molecule has 0 bridgehead atoms. The van der Waals surface area contributed by atoms with Gasteiger partial charge in [-0.15, -0.1) is 0 Å². The van der Waals surface area contributed by atoms with E-state index in [0.717, 1.165) is 11.4 Å². The molecule has 2 unspecified atom stereocenters. The van der Waals surface area contributed by atoms with Crippen LogP contribution in [0.1, 0.15) is 57.6 Å². The molecule has 0 amide bonds. The summed E-state index contributed by atoms with van der Waals surface area (Å²) in [4.78, 5) is 4.55. The molecule has 1 aromatic heterocycles. The van der Waals surface area contributed by atoms with Gasteiger partial charge < -0.3 is 0 Å². The minimum Gasteiger partial charge on any atom is -0.299 e. The van der Waals surface area contributed by atoms with Gasteiger partial charge in [-0.25, -0.2) is 4.98 Å². The predicted octanol–water partition coefficient (Wildman–Crippen LogP) is 6.13. The van der Waals surface area contributed by atoms with Crippen molar-refractivity contribution < 1.29 is 0 Å². The first-order valence-electron chi connectivity index (χ1n) is 9.54. The summed E-state index contributed by atoms with van der Waals surface area (Å²) < 4.78 is 2.22. The first-order valence-corrected chi connectivity index (χ1v) is 9.54. The number of para-hydroxylation sites is 2. The maximum Gasteiger partial charge on any atom is 0.100 e. The molecular weight excluding hydrogens is 304 g/mol. The van der Waals surface area contributed by atoms with Crippen molar-refractivity contribution in [2.24, 2.45) is 11.3 Å². The molecule has 4 rings (SSSR count). The zero-order chi connectivity index (χ0) is 17.6. The molecule has 2 nitrogen and oxygen atoms in total. The number of aryl methyl sites for hydroxylation is 1. The lowest BCUT2D eigenvalue weighted by molar-refractivity contribution is 0.207. The normalized spacial score (nSPS) is 20.6. The van der Waals surface area contributed by atoms with Gasteiger partial charge in [0.1, 0.15) is 6.33 Å². The summed E-state index contributed by atoms with van der Waals surface area (Å²) >= 11 is 0. The largest absolute Gasteiger partial charge is 0.299 e. The summed E-state index contributed by atoms with van der Waals surface area (Å²) in [7, 11) is 0. The van der Waals surface area contributed by atoms with Gasteiger partial charge in [0.25, 0.3) is 0 Å². The molecule has 2 aromatic carbocycles. The van der Waals surface area contributed by atoms with Crippen LogP contribution >= 0.6 is 0 Å². The smallest absolute Gasteiger partial charge is 0.100 e. The minimum absolute atomic E-state index is 0.305. The SMILES string of the molecule is CCC1CCc2cc(-n3cnc4ccccc43)ccc2C1C(C)(C)C. The first kappa shape index (κ1) is 16.4. The van der Waals surface area contributed by atoms with Gasteiger partial charge in [-0.2, -0.15) is 0 Å². The maximum absolute atomic E-state index is 4.55. The molecule has 0 spiro atoms. The lowest BCUT2D eigenvalue weighted by Gasteiger charge is -2.42. The molecule has 0 saturated carbocycles. The summed E-state index contributed by atoms with van der Waals surface area (Å²) in [5.41, 5.74) is 6.86. The first-order chi connectivity index (χ1) is 12.0. The third kappa shape index (κ3) is 2.78. The van der Waals surface area contributed by atoms with Crippen molar-refractivity contribution in [3.05, 3.63) is 59.9 Å². The van der Waals surface area contributed by atoms with Crippen molar-refractivity contribution >= 4 is 11.0 Å². The third-order valence-electron chi connectivity index (χ3n) is 5.91. The summed E-state index contributed by atoms with van der Waals surface area (Å²) in [5.74, 6) is 1.45. The Balaban J connectivity index is 1.81. The lowest BCUT2D eigenvalue weighted by atomic mass is 9.63. The topological polar surface area (TPSA) is 17.8 Å². The Kier molecular flexibility index (Phi) is 3.94. The molecule has 0 saturated heterocycles. The zero-order valence-corrected chi connectivity index (χ0v) is 15.8. The Labute approximate surface area is 150 Å². The molecule has 1 heterocycles. The number of benzene rings is 2. The van der Waals surface area contributed by atoms with Crippen LogP contribution < -0.4 is 0 Å². The summed E-state index contributed by atoms with van der Waals surface area (Å²) in [6, 6.07) is 15.4. The highest BCUT2D eigenvalue weighted by molar-refractivity contribution is 5.77. The highest BCUT2D eigenvalue weighted by atomic mass is 15.0. The van der Waals surface area contributed by atoms with Crippen LogP contribution in [-0.2, 0) is 6.42 Å². The van der Waals surface area contributed by atoms with Gasteiger partial charge in [0.05, 0.1) is 11.0 Å². The number of hydrogen-bond acceptors (Lipinski definition) is 1. The summed E-state index contributed by atoms with van der Waals surface area (Å²) in [6.07, 6.45) is 5.72. The van der Waals surface area contributed by atoms with E-state index in [0.29, 0.717) is 11.3 Å². The van der Waals surface area contributed by atoms with Crippen LogP contribution in [0.25, 0.3) is 16.7 Å². The van der Waals surface area contributed by atoms with Crippen LogP contribution in [0.15, 0.2) is 48.8 Å². The van der Waals surface area contributed by atoms with E-state index >= 15 is 0 Å². The fourth-order valence-corrected chi connectivity index (χ4v) is 4.80. The van der Waals surface area contributed by atoms with E-state index < -0.39 is 0 Å². The molecule has 1 aliphatic rings. The Hall–Kier alpha value is -2.09. The van der Waals surface area contributed by atoms with Crippen molar-refractivity contribution in [2.45, 2.75) is 52.9 Å². The standard InChI is InChI=1S/C23H28N2/c1-5-16-10-11-17-14-18(12-13-19(17)22(16)23(2,3)4)25-15-24-20-8-6-7-9-21(20)25/h6-9,12-16,22H,5,10-11H2,1-4H3. The van der Waals surface area contributed by atoms with Gasteiger partial charge in [-0.3, -0.25) is 4.57 Å². The number of imidazole rings is 1. The monoisotopic (exact) mass is 332 g/mol. The molecule has 25 heavy (non-hydrogen) atoms. The number of hydrogen-bond donors (Lipinski definition) is 0. The van der Waals surface area contributed by atoms with Crippen molar-refractivity contribution in [2.75, 3.05) is 0 Å².